The molecule has 0 aromatic heterocycles. The molecule has 13 heteroatoms. The van der Waals surface area contributed by atoms with Crippen LogP contribution in [0.2, 0.25) is 0 Å². The van der Waals surface area contributed by atoms with Gasteiger partial charge in [-0.05, 0) is 0 Å². The average molecular weight is 311 g/mol. The quantitative estimate of drug-likeness (QED) is 0.550. The fourth-order valence-electron chi connectivity index (χ4n) is 0.758. The maximum atomic E-state index is 12.6. The summed E-state index contributed by atoms with van der Waals surface area (Å²) in [6.45, 7) is 0. The molecule has 0 aliphatic carbocycles. The lowest BCUT2D eigenvalue weighted by atomic mass is 10.2. The van der Waals surface area contributed by atoms with E-state index < -0.39 is 44.3 Å². The van der Waals surface area contributed by atoms with Gasteiger partial charge in [-0.25, -0.2) is 8.42 Å². The maximum Gasteiger partial charge on any atom is 0.427 e. The molecule has 102 valence electrons. The molecule has 0 radical (unpaired) electrons. The molecule has 1 saturated heterocycles. The Kier molecular flexibility index (Phi) is 2.93. The highest BCUT2D eigenvalue weighted by molar-refractivity contribution is 8.10. The SMILES string of the molecule is O=S1(=O)NSC(F)(F)C(F)(F)C(F)(F)C1(F)F. The van der Waals surface area contributed by atoms with Crippen LogP contribution < -0.4 is 4.13 Å². The molecule has 0 atom stereocenters. The zero-order chi connectivity index (χ0) is 13.9. The van der Waals surface area contributed by atoms with Crippen molar-refractivity contribution in [2.24, 2.45) is 0 Å². The van der Waals surface area contributed by atoms with Crippen LogP contribution >= 0.6 is 11.9 Å². The topological polar surface area (TPSA) is 46.2 Å². The predicted octanol–water partition coefficient (Wildman–Crippen LogP) is 2.02. The van der Waals surface area contributed by atoms with Crippen LogP contribution in [-0.4, -0.2) is 30.8 Å². The second kappa shape index (κ2) is 3.38. The normalized spacial score (nSPS) is 32.7. The van der Waals surface area contributed by atoms with Crippen molar-refractivity contribution in [3.63, 3.8) is 0 Å². The summed E-state index contributed by atoms with van der Waals surface area (Å²) in [4.78, 5) is 0. The molecular weight excluding hydrogens is 310 g/mol. The van der Waals surface area contributed by atoms with E-state index in [2.05, 4.69) is 0 Å². The van der Waals surface area contributed by atoms with Gasteiger partial charge in [0.1, 0.15) is 0 Å². The first kappa shape index (κ1) is 14.8. The molecule has 1 N–H and O–H groups in total. The molecule has 0 saturated carbocycles. The van der Waals surface area contributed by atoms with Gasteiger partial charge in [-0.1, -0.05) is 0 Å². The molecule has 0 unspecified atom stereocenters. The van der Waals surface area contributed by atoms with Gasteiger partial charge < -0.3 is 0 Å². The van der Waals surface area contributed by atoms with Gasteiger partial charge in [0, 0.05) is 11.9 Å². The standard InChI is InChI=1S/C4HF8NO2S2/c5-1(6)2(7,8)4(11,12)17(14,15)13-16-3(1,9)10/h13H. The van der Waals surface area contributed by atoms with Crippen LogP contribution in [0.3, 0.4) is 0 Å². The zero-order valence-electron chi connectivity index (χ0n) is 7.16. The van der Waals surface area contributed by atoms with Crippen LogP contribution in [-0.2, 0) is 10.0 Å². The second-order valence-electron chi connectivity index (χ2n) is 2.87. The van der Waals surface area contributed by atoms with E-state index in [1.165, 1.54) is 0 Å². The van der Waals surface area contributed by atoms with Crippen molar-refractivity contribution in [1.29, 1.82) is 0 Å². The first-order valence-corrected chi connectivity index (χ1v) is 5.71. The summed E-state index contributed by atoms with van der Waals surface area (Å²) in [5, 5.41) is -12.1. The van der Waals surface area contributed by atoms with Crippen LogP contribution in [0.5, 0.6) is 0 Å². The van der Waals surface area contributed by atoms with E-state index in [0.29, 0.717) is 0 Å². The molecule has 0 aromatic rings. The largest absolute Gasteiger partial charge is 0.427 e. The number of hydrogen-bond acceptors (Lipinski definition) is 3. The van der Waals surface area contributed by atoms with Crippen LogP contribution in [0.1, 0.15) is 0 Å². The van der Waals surface area contributed by atoms with Gasteiger partial charge in [-0.2, -0.15) is 35.1 Å². The summed E-state index contributed by atoms with van der Waals surface area (Å²) < 4.78 is 122. The average Bonchev–Trinajstić information content (AvgIpc) is 2.14. The lowest BCUT2D eigenvalue weighted by Crippen LogP contribution is -2.61. The lowest BCUT2D eigenvalue weighted by molar-refractivity contribution is -0.322. The molecule has 1 fully saturated rings. The fraction of sp³-hybridized carbons (Fsp3) is 1.00. The summed E-state index contributed by atoms with van der Waals surface area (Å²) in [7, 11) is -6.38. The molecular formula is C4HF8NO2S2. The third-order valence-electron chi connectivity index (χ3n) is 1.74. The first-order valence-electron chi connectivity index (χ1n) is 3.41. The van der Waals surface area contributed by atoms with Crippen molar-refractivity contribution in [3.05, 3.63) is 0 Å². The Morgan fingerprint density at radius 1 is 0.824 bits per heavy atom. The van der Waals surface area contributed by atoms with Crippen molar-refractivity contribution in [2.75, 3.05) is 0 Å². The second-order valence-corrected chi connectivity index (χ2v) is 5.77. The van der Waals surface area contributed by atoms with Gasteiger partial charge in [-0.15, -0.1) is 4.13 Å². The van der Waals surface area contributed by atoms with Gasteiger partial charge in [0.25, 0.3) is 10.0 Å². The van der Waals surface area contributed by atoms with Crippen molar-refractivity contribution in [3.8, 4) is 0 Å². The van der Waals surface area contributed by atoms with E-state index in [-0.39, 0.29) is 4.13 Å². The molecule has 0 aromatic carbocycles. The number of alkyl halides is 8. The van der Waals surface area contributed by atoms with E-state index in [4.69, 9.17) is 0 Å². The van der Waals surface area contributed by atoms with Gasteiger partial charge >= 0.3 is 22.4 Å². The van der Waals surface area contributed by atoms with Crippen LogP contribution in [0, 0.1) is 0 Å². The van der Waals surface area contributed by atoms with E-state index in [1.54, 1.807) is 0 Å². The van der Waals surface area contributed by atoms with E-state index in [9.17, 15) is 43.5 Å². The Hall–Kier alpha value is -0.300. The number of halogens is 8. The molecule has 3 nitrogen and oxygen atoms in total. The van der Waals surface area contributed by atoms with Crippen LogP contribution in [0.4, 0.5) is 35.1 Å². The van der Waals surface area contributed by atoms with Crippen LogP contribution in [0.25, 0.3) is 0 Å². The minimum absolute atomic E-state index is 0.242. The van der Waals surface area contributed by atoms with Crippen molar-refractivity contribution >= 4 is 22.0 Å². The minimum Gasteiger partial charge on any atom is -0.205 e. The number of nitrogens with one attached hydrogen (secondary N) is 1. The van der Waals surface area contributed by atoms with Gasteiger partial charge in [0.15, 0.2) is 0 Å². The third-order valence-corrected chi connectivity index (χ3v) is 4.40. The van der Waals surface area contributed by atoms with Gasteiger partial charge in [0.05, 0.1) is 0 Å². The Morgan fingerprint density at radius 2 is 1.24 bits per heavy atom. The highest BCUT2D eigenvalue weighted by atomic mass is 32.3. The fourth-order valence-corrected chi connectivity index (χ4v) is 2.76. The van der Waals surface area contributed by atoms with Crippen LogP contribution in [0.15, 0.2) is 0 Å². The summed E-state index contributed by atoms with van der Waals surface area (Å²) in [5.74, 6) is -13.3. The number of rotatable bonds is 0. The monoisotopic (exact) mass is 311 g/mol. The Bertz CT molecular complexity index is 431. The molecule has 1 heterocycles. The third kappa shape index (κ3) is 1.62. The molecule has 17 heavy (non-hydrogen) atoms. The number of hydrogen-bond donors (Lipinski definition) is 1. The predicted molar refractivity (Wildman–Crippen MR) is 39.4 cm³/mol. The smallest absolute Gasteiger partial charge is 0.205 e. The lowest BCUT2D eigenvalue weighted by Gasteiger charge is -2.31. The number of sulfonamides is 1. The Morgan fingerprint density at radius 3 is 1.65 bits per heavy atom. The van der Waals surface area contributed by atoms with E-state index >= 15 is 0 Å². The van der Waals surface area contributed by atoms with Crippen molar-refractivity contribution < 1.29 is 43.5 Å². The zero-order valence-corrected chi connectivity index (χ0v) is 8.79. The molecule has 0 amide bonds. The Labute approximate surface area is 92.7 Å². The summed E-state index contributed by atoms with van der Waals surface area (Å²) in [6, 6.07) is 0. The van der Waals surface area contributed by atoms with Gasteiger partial charge in [0.2, 0.25) is 0 Å². The summed E-state index contributed by atoms with van der Waals surface area (Å²) in [6.07, 6.45) is 0. The highest BCUT2D eigenvalue weighted by Gasteiger charge is 2.86. The minimum atomic E-state index is -6.77. The van der Waals surface area contributed by atoms with Gasteiger partial charge in [-0.3, -0.25) is 0 Å². The molecule has 0 spiro atoms. The molecule has 1 rings (SSSR count). The molecule has 1 aliphatic rings. The summed E-state index contributed by atoms with van der Waals surface area (Å²) in [5.41, 5.74) is 0. The van der Waals surface area contributed by atoms with Crippen molar-refractivity contribution in [2.45, 2.75) is 22.4 Å². The van der Waals surface area contributed by atoms with Crippen molar-refractivity contribution in [1.82, 2.24) is 4.13 Å². The maximum absolute atomic E-state index is 12.6. The first-order chi connectivity index (χ1) is 7.21. The van der Waals surface area contributed by atoms with E-state index in [1.807, 2.05) is 0 Å². The highest BCUT2D eigenvalue weighted by Crippen LogP contribution is 2.59. The van der Waals surface area contributed by atoms with E-state index in [0.717, 1.165) is 0 Å². The Balaban J connectivity index is 3.58. The molecule has 0 bridgehead atoms. The molecule has 1 aliphatic heterocycles. The summed E-state index contributed by atoms with van der Waals surface area (Å²) >= 11 is -1.72.